The zero-order valence-electron chi connectivity index (χ0n) is 12.6. The number of amides is 1. The van der Waals surface area contributed by atoms with Gasteiger partial charge in [-0.15, -0.1) is 16.4 Å². The normalized spacial score (nSPS) is 10.7. The number of aryl methyl sites for hydroxylation is 1. The lowest BCUT2D eigenvalue weighted by atomic mass is 10.3. The van der Waals surface area contributed by atoms with Crippen molar-refractivity contribution in [1.29, 1.82) is 0 Å². The molecule has 3 aromatic rings. The molecule has 0 saturated heterocycles. The van der Waals surface area contributed by atoms with Crippen molar-refractivity contribution in [3.05, 3.63) is 56.8 Å². The van der Waals surface area contributed by atoms with E-state index in [0.717, 1.165) is 15.6 Å². The smallest absolute Gasteiger partial charge is 0.274 e. The lowest BCUT2D eigenvalue weighted by Crippen LogP contribution is -2.23. The fraction of sp³-hybridized carbons (Fsp3) is 0.200. The molecule has 8 heteroatoms. The van der Waals surface area contributed by atoms with Crippen LogP contribution in [-0.2, 0) is 6.54 Å². The largest absolute Gasteiger partial charge is 0.346 e. The minimum Gasteiger partial charge on any atom is -0.346 e. The van der Waals surface area contributed by atoms with Gasteiger partial charge in [0.1, 0.15) is 0 Å². The number of hydrogen-bond donors (Lipinski definition) is 1. The molecule has 0 fully saturated rings. The molecule has 0 unspecified atom stereocenters. The summed E-state index contributed by atoms with van der Waals surface area (Å²) in [5.74, 6) is -0.262. The summed E-state index contributed by atoms with van der Waals surface area (Å²) in [6.45, 7) is 4.15. The third-order valence-corrected chi connectivity index (χ3v) is 4.40. The Morgan fingerprint density at radius 1 is 1.39 bits per heavy atom. The zero-order chi connectivity index (χ0) is 16.4. The van der Waals surface area contributed by atoms with Crippen LogP contribution in [-0.4, -0.2) is 25.9 Å². The number of nitrogens with zero attached hydrogens (tertiary/aromatic N) is 4. The molecule has 0 aliphatic carbocycles. The van der Waals surface area contributed by atoms with Gasteiger partial charge in [-0.1, -0.05) is 22.9 Å². The summed E-state index contributed by atoms with van der Waals surface area (Å²) >= 11 is 7.54. The predicted molar refractivity (Wildman–Crippen MR) is 89.1 cm³/mol. The molecule has 0 aliphatic rings. The molecular weight excluding hydrogens is 334 g/mol. The van der Waals surface area contributed by atoms with E-state index in [1.165, 1.54) is 0 Å². The van der Waals surface area contributed by atoms with Gasteiger partial charge in [0.15, 0.2) is 5.69 Å². The summed E-state index contributed by atoms with van der Waals surface area (Å²) in [6.07, 6.45) is 1.76. The van der Waals surface area contributed by atoms with Gasteiger partial charge in [-0.3, -0.25) is 4.79 Å². The van der Waals surface area contributed by atoms with E-state index in [2.05, 4.69) is 20.6 Å². The molecule has 1 N–H and O–H groups in total. The summed E-state index contributed by atoms with van der Waals surface area (Å²) in [4.78, 5) is 17.4. The molecule has 2 aromatic heterocycles. The van der Waals surface area contributed by atoms with Crippen LogP contribution in [0.4, 0.5) is 0 Å². The Morgan fingerprint density at radius 3 is 2.91 bits per heavy atom. The molecule has 1 amide bonds. The van der Waals surface area contributed by atoms with Crippen LogP contribution in [0.15, 0.2) is 30.5 Å². The molecule has 0 saturated carbocycles. The molecular formula is C15H14ClN5OS. The van der Waals surface area contributed by atoms with E-state index in [1.807, 2.05) is 19.1 Å². The summed E-state index contributed by atoms with van der Waals surface area (Å²) in [5.41, 5.74) is 1.72. The Bertz CT molecular complexity index is 857. The highest BCUT2D eigenvalue weighted by Crippen LogP contribution is 2.17. The highest BCUT2D eigenvalue weighted by molar-refractivity contribution is 7.11. The second-order valence-electron chi connectivity index (χ2n) is 4.94. The molecule has 0 atom stereocenters. The lowest BCUT2D eigenvalue weighted by molar-refractivity contribution is 0.0945. The summed E-state index contributed by atoms with van der Waals surface area (Å²) in [6, 6.07) is 7.23. The van der Waals surface area contributed by atoms with Crippen molar-refractivity contribution >= 4 is 28.8 Å². The first-order valence-electron chi connectivity index (χ1n) is 6.92. The molecule has 3 rings (SSSR count). The van der Waals surface area contributed by atoms with Crippen LogP contribution >= 0.6 is 22.9 Å². The minimum atomic E-state index is -0.262. The van der Waals surface area contributed by atoms with Gasteiger partial charge in [-0.05, 0) is 32.0 Å². The van der Waals surface area contributed by atoms with E-state index in [4.69, 9.17) is 11.6 Å². The monoisotopic (exact) mass is 347 g/mol. The van der Waals surface area contributed by atoms with Crippen LogP contribution in [0.1, 0.15) is 26.1 Å². The van der Waals surface area contributed by atoms with Gasteiger partial charge in [0.05, 0.1) is 22.9 Å². The Kier molecular flexibility index (Phi) is 4.40. The van der Waals surface area contributed by atoms with E-state index in [0.29, 0.717) is 23.0 Å². The Labute approximate surface area is 142 Å². The zero-order valence-corrected chi connectivity index (χ0v) is 14.1. The maximum absolute atomic E-state index is 12.3. The number of nitrogens with one attached hydrogen (secondary N) is 1. The second kappa shape index (κ2) is 6.47. The van der Waals surface area contributed by atoms with Gasteiger partial charge in [0.2, 0.25) is 0 Å². The van der Waals surface area contributed by atoms with Crippen molar-refractivity contribution in [1.82, 2.24) is 25.3 Å². The van der Waals surface area contributed by atoms with Crippen LogP contribution in [0, 0.1) is 13.8 Å². The van der Waals surface area contributed by atoms with Crippen LogP contribution in [0.5, 0.6) is 0 Å². The summed E-state index contributed by atoms with van der Waals surface area (Å²) in [5, 5.41) is 12.4. The van der Waals surface area contributed by atoms with E-state index in [-0.39, 0.29) is 5.91 Å². The highest BCUT2D eigenvalue weighted by atomic mass is 35.5. The van der Waals surface area contributed by atoms with E-state index in [9.17, 15) is 4.79 Å². The Hall–Kier alpha value is -2.25. The average molecular weight is 348 g/mol. The maximum atomic E-state index is 12.3. The van der Waals surface area contributed by atoms with Gasteiger partial charge in [-0.2, -0.15) is 0 Å². The Morgan fingerprint density at radius 2 is 2.22 bits per heavy atom. The number of benzene rings is 1. The fourth-order valence-corrected chi connectivity index (χ4v) is 3.05. The maximum Gasteiger partial charge on any atom is 0.274 e. The first-order valence-corrected chi connectivity index (χ1v) is 8.12. The van der Waals surface area contributed by atoms with Crippen molar-refractivity contribution in [2.75, 3.05) is 0 Å². The van der Waals surface area contributed by atoms with Crippen LogP contribution in [0.25, 0.3) is 5.69 Å². The molecule has 2 heterocycles. The van der Waals surface area contributed by atoms with E-state index in [1.54, 1.807) is 41.3 Å². The molecule has 23 heavy (non-hydrogen) atoms. The summed E-state index contributed by atoms with van der Waals surface area (Å²) < 4.78 is 1.59. The molecule has 0 radical (unpaired) electrons. The van der Waals surface area contributed by atoms with Crippen molar-refractivity contribution in [2.24, 2.45) is 0 Å². The average Bonchev–Trinajstić information content (AvgIpc) is 3.11. The number of aromatic nitrogens is 4. The Balaban J connectivity index is 1.77. The van der Waals surface area contributed by atoms with Crippen molar-refractivity contribution < 1.29 is 4.79 Å². The number of halogens is 1. The number of rotatable bonds is 4. The first kappa shape index (κ1) is 15.6. The summed E-state index contributed by atoms with van der Waals surface area (Å²) in [7, 11) is 0. The molecule has 118 valence electrons. The van der Waals surface area contributed by atoms with Gasteiger partial charge < -0.3 is 5.32 Å². The van der Waals surface area contributed by atoms with Gasteiger partial charge in [0, 0.05) is 16.1 Å². The van der Waals surface area contributed by atoms with Crippen LogP contribution in [0.2, 0.25) is 5.02 Å². The number of carbonyl (C=O) groups is 1. The number of thiazole rings is 1. The molecule has 0 spiro atoms. The standard InChI is InChI=1S/C15H14ClN5OS/c1-9-14(15(22)18-8-13-7-17-10(2)23-13)19-20-21(9)12-5-3-4-11(16)6-12/h3-7H,8H2,1-2H3,(H,18,22). The van der Waals surface area contributed by atoms with E-state index >= 15 is 0 Å². The third kappa shape index (κ3) is 3.40. The first-order chi connectivity index (χ1) is 11.0. The van der Waals surface area contributed by atoms with Crippen LogP contribution in [0.3, 0.4) is 0 Å². The third-order valence-electron chi connectivity index (χ3n) is 3.25. The molecule has 1 aromatic carbocycles. The van der Waals surface area contributed by atoms with Crippen molar-refractivity contribution in [3.63, 3.8) is 0 Å². The number of carbonyl (C=O) groups excluding carboxylic acids is 1. The molecule has 0 bridgehead atoms. The highest BCUT2D eigenvalue weighted by Gasteiger charge is 2.17. The topological polar surface area (TPSA) is 72.7 Å². The predicted octanol–water partition coefficient (Wildman–Crippen LogP) is 2.92. The van der Waals surface area contributed by atoms with Crippen molar-refractivity contribution in [3.8, 4) is 5.69 Å². The van der Waals surface area contributed by atoms with E-state index < -0.39 is 0 Å². The fourth-order valence-electron chi connectivity index (χ4n) is 2.13. The molecule has 0 aliphatic heterocycles. The van der Waals surface area contributed by atoms with Crippen LogP contribution < -0.4 is 5.32 Å². The van der Waals surface area contributed by atoms with Gasteiger partial charge in [-0.25, -0.2) is 9.67 Å². The number of hydrogen-bond acceptors (Lipinski definition) is 5. The quantitative estimate of drug-likeness (QED) is 0.787. The lowest BCUT2D eigenvalue weighted by Gasteiger charge is -2.04. The second-order valence-corrected chi connectivity index (χ2v) is 6.70. The minimum absolute atomic E-state index is 0.262. The van der Waals surface area contributed by atoms with Crippen molar-refractivity contribution in [2.45, 2.75) is 20.4 Å². The van der Waals surface area contributed by atoms with Gasteiger partial charge in [0.25, 0.3) is 5.91 Å². The molecule has 6 nitrogen and oxygen atoms in total. The van der Waals surface area contributed by atoms with Gasteiger partial charge >= 0.3 is 0 Å². The SMILES string of the molecule is Cc1ncc(CNC(=O)c2nnn(-c3cccc(Cl)c3)c2C)s1.